The second-order valence-electron chi connectivity index (χ2n) is 6.60. The first-order valence-electron chi connectivity index (χ1n) is 8.99. The van der Waals surface area contributed by atoms with E-state index in [1.165, 1.54) is 0 Å². The van der Waals surface area contributed by atoms with Gasteiger partial charge in [-0.05, 0) is 35.2 Å². The van der Waals surface area contributed by atoms with Crippen LogP contribution in [-0.4, -0.2) is 60.3 Å². The van der Waals surface area contributed by atoms with Gasteiger partial charge in [-0.3, -0.25) is 9.69 Å². The van der Waals surface area contributed by atoms with Gasteiger partial charge < -0.3 is 19.5 Å². The molecular formula is C20H22N2O4S. The number of fused-ring (bicyclic) bond motifs is 1. The Morgan fingerprint density at radius 3 is 2.78 bits per heavy atom. The number of rotatable bonds is 5. The van der Waals surface area contributed by atoms with Crippen molar-refractivity contribution in [3.05, 3.63) is 52.2 Å². The molecule has 6 nitrogen and oxygen atoms in total. The molecule has 2 aliphatic heterocycles. The summed E-state index contributed by atoms with van der Waals surface area (Å²) < 4.78 is 10.6. The van der Waals surface area contributed by atoms with Crippen molar-refractivity contribution in [1.29, 1.82) is 0 Å². The van der Waals surface area contributed by atoms with Gasteiger partial charge in [0.2, 0.25) is 12.7 Å². The van der Waals surface area contributed by atoms with E-state index in [0.717, 1.165) is 29.3 Å². The van der Waals surface area contributed by atoms with E-state index in [0.29, 0.717) is 25.4 Å². The van der Waals surface area contributed by atoms with E-state index in [9.17, 15) is 9.90 Å². The quantitative estimate of drug-likeness (QED) is 0.800. The summed E-state index contributed by atoms with van der Waals surface area (Å²) in [4.78, 5) is 17.5. The molecule has 7 heteroatoms. The lowest BCUT2D eigenvalue weighted by molar-refractivity contribution is -0.127. The third kappa shape index (κ3) is 4.32. The molecule has 1 aromatic heterocycles. The van der Waals surface area contributed by atoms with Crippen LogP contribution in [0.5, 0.6) is 11.5 Å². The number of ether oxygens (including phenoxy) is 2. The second-order valence-corrected chi connectivity index (χ2v) is 7.58. The first-order chi connectivity index (χ1) is 13.2. The minimum atomic E-state index is -0.460. The first kappa shape index (κ1) is 18.0. The summed E-state index contributed by atoms with van der Waals surface area (Å²) in [6, 6.07) is 9.53. The van der Waals surface area contributed by atoms with Gasteiger partial charge >= 0.3 is 0 Å². The minimum Gasteiger partial charge on any atom is -0.454 e. The van der Waals surface area contributed by atoms with E-state index in [-0.39, 0.29) is 12.7 Å². The van der Waals surface area contributed by atoms with Gasteiger partial charge in [0, 0.05) is 43.7 Å². The number of benzene rings is 1. The lowest BCUT2D eigenvalue weighted by Gasteiger charge is -2.35. The number of carbonyl (C=O) groups excluding carboxylic acids is 1. The number of aliphatic hydroxyl groups excluding tert-OH is 1. The molecule has 4 rings (SSSR count). The average Bonchev–Trinajstić information content (AvgIpc) is 3.38. The SMILES string of the molecule is O=C(/C=C/c1ccc2c(c1)OCO2)N1CCN(C[C@@H](O)c2cccs2)CC1. The molecule has 1 aromatic carbocycles. The summed E-state index contributed by atoms with van der Waals surface area (Å²) in [5.41, 5.74) is 0.908. The van der Waals surface area contributed by atoms with Crippen LogP contribution in [0.3, 0.4) is 0 Å². The number of amides is 1. The van der Waals surface area contributed by atoms with Crippen molar-refractivity contribution in [2.75, 3.05) is 39.5 Å². The van der Waals surface area contributed by atoms with Crippen LogP contribution in [0.1, 0.15) is 16.5 Å². The number of carbonyl (C=O) groups is 1. The van der Waals surface area contributed by atoms with Gasteiger partial charge in [0.25, 0.3) is 0 Å². The molecule has 0 radical (unpaired) electrons. The summed E-state index contributed by atoms with van der Waals surface area (Å²) in [5.74, 6) is 1.45. The molecule has 0 bridgehead atoms. The van der Waals surface area contributed by atoms with Crippen LogP contribution in [0, 0.1) is 0 Å². The largest absolute Gasteiger partial charge is 0.454 e. The predicted octanol–water partition coefficient (Wildman–Crippen LogP) is 2.37. The third-order valence-corrected chi connectivity index (χ3v) is 5.78. The average molecular weight is 386 g/mol. The van der Waals surface area contributed by atoms with Crippen LogP contribution >= 0.6 is 11.3 Å². The summed E-state index contributed by atoms with van der Waals surface area (Å²) >= 11 is 1.57. The molecule has 0 saturated carbocycles. The third-order valence-electron chi connectivity index (χ3n) is 4.80. The van der Waals surface area contributed by atoms with Crippen LogP contribution in [0.4, 0.5) is 0 Å². The fraction of sp³-hybridized carbons (Fsp3) is 0.350. The Hall–Kier alpha value is -2.35. The zero-order chi connectivity index (χ0) is 18.6. The normalized spacial score (nSPS) is 18.2. The molecule has 0 spiro atoms. The maximum atomic E-state index is 12.4. The van der Waals surface area contributed by atoms with E-state index in [4.69, 9.17) is 9.47 Å². The summed E-state index contributed by atoms with van der Waals surface area (Å²) in [6.07, 6.45) is 2.95. The molecular weight excluding hydrogens is 364 g/mol. The Morgan fingerprint density at radius 2 is 2.00 bits per heavy atom. The van der Waals surface area contributed by atoms with E-state index in [2.05, 4.69) is 4.90 Å². The fourth-order valence-electron chi connectivity index (χ4n) is 3.26. The Balaban J connectivity index is 1.27. The Morgan fingerprint density at radius 1 is 1.19 bits per heavy atom. The molecule has 3 heterocycles. The van der Waals surface area contributed by atoms with Crippen molar-refractivity contribution in [3.63, 3.8) is 0 Å². The lowest BCUT2D eigenvalue weighted by Crippen LogP contribution is -2.49. The lowest BCUT2D eigenvalue weighted by atomic mass is 10.2. The number of nitrogens with zero attached hydrogens (tertiary/aromatic N) is 2. The highest BCUT2D eigenvalue weighted by Gasteiger charge is 2.22. The number of hydrogen-bond donors (Lipinski definition) is 1. The predicted molar refractivity (Wildman–Crippen MR) is 104 cm³/mol. The van der Waals surface area contributed by atoms with Gasteiger partial charge in [0.1, 0.15) is 6.10 Å². The Kier molecular flexibility index (Phi) is 5.42. The van der Waals surface area contributed by atoms with E-state index in [1.54, 1.807) is 23.5 Å². The van der Waals surface area contributed by atoms with Crippen molar-refractivity contribution in [2.45, 2.75) is 6.10 Å². The highest BCUT2D eigenvalue weighted by atomic mass is 32.1. The van der Waals surface area contributed by atoms with Gasteiger partial charge in [-0.1, -0.05) is 12.1 Å². The number of β-amino-alcohol motifs (C(OH)–C–C–N with tert-alkyl or cyclic N) is 1. The van der Waals surface area contributed by atoms with Crippen molar-refractivity contribution in [1.82, 2.24) is 9.80 Å². The summed E-state index contributed by atoms with van der Waals surface area (Å²) in [5, 5.41) is 12.2. The molecule has 1 atom stereocenters. The molecule has 1 fully saturated rings. The maximum absolute atomic E-state index is 12.4. The number of aliphatic hydroxyl groups is 1. The van der Waals surface area contributed by atoms with Crippen LogP contribution in [-0.2, 0) is 4.79 Å². The minimum absolute atomic E-state index is 0.00567. The van der Waals surface area contributed by atoms with Crippen LogP contribution in [0.15, 0.2) is 41.8 Å². The van der Waals surface area contributed by atoms with Crippen molar-refractivity contribution in [3.8, 4) is 11.5 Å². The molecule has 0 unspecified atom stereocenters. The zero-order valence-corrected chi connectivity index (χ0v) is 15.7. The number of piperazine rings is 1. The van der Waals surface area contributed by atoms with E-state index < -0.39 is 6.10 Å². The van der Waals surface area contributed by atoms with Gasteiger partial charge in [-0.2, -0.15) is 0 Å². The highest BCUT2D eigenvalue weighted by Crippen LogP contribution is 2.32. The summed E-state index contributed by atoms with van der Waals surface area (Å²) in [6.45, 7) is 3.73. The molecule has 2 aliphatic rings. The van der Waals surface area contributed by atoms with Gasteiger partial charge in [0.15, 0.2) is 11.5 Å². The van der Waals surface area contributed by atoms with E-state index >= 15 is 0 Å². The number of thiophene rings is 1. The molecule has 142 valence electrons. The van der Waals surface area contributed by atoms with Crippen molar-refractivity contribution >= 4 is 23.3 Å². The van der Waals surface area contributed by atoms with Crippen LogP contribution in [0.25, 0.3) is 6.08 Å². The van der Waals surface area contributed by atoms with Crippen LogP contribution in [0.2, 0.25) is 0 Å². The Labute approximate surface area is 162 Å². The van der Waals surface area contributed by atoms with Gasteiger partial charge in [0.05, 0.1) is 0 Å². The monoisotopic (exact) mass is 386 g/mol. The standard InChI is InChI=1S/C20H22N2O4S/c23-16(19-2-1-11-27-19)13-21-7-9-22(10-8-21)20(24)6-4-15-3-5-17-18(12-15)26-14-25-17/h1-6,11-12,16,23H,7-10,13-14H2/b6-4+/t16-/m1/s1. The maximum Gasteiger partial charge on any atom is 0.246 e. The van der Waals surface area contributed by atoms with Crippen molar-refractivity contribution in [2.24, 2.45) is 0 Å². The highest BCUT2D eigenvalue weighted by molar-refractivity contribution is 7.10. The van der Waals surface area contributed by atoms with Crippen molar-refractivity contribution < 1.29 is 19.4 Å². The second kappa shape index (κ2) is 8.12. The van der Waals surface area contributed by atoms with Crippen LogP contribution < -0.4 is 9.47 Å². The molecule has 27 heavy (non-hydrogen) atoms. The fourth-order valence-corrected chi connectivity index (χ4v) is 3.96. The number of hydrogen-bond acceptors (Lipinski definition) is 6. The Bertz CT molecular complexity index is 813. The molecule has 1 amide bonds. The van der Waals surface area contributed by atoms with E-state index in [1.807, 2.05) is 40.6 Å². The zero-order valence-electron chi connectivity index (χ0n) is 14.9. The van der Waals surface area contributed by atoms with Gasteiger partial charge in [-0.15, -0.1) is 11.3 Å². The molecule has 2 aromatic rings. The van der Waals surface area contributed by atoms with Gasteiger partial charge in [-0.25, -0.2) is 0 Å². The summed E-state index contributed by atoms with van der Waals surface area (Å²) in [7, 11) is 0. The molecule has 0 aliphatic carbocycles. The topological polar surface area (TPSA) is 62.2 Å². The molecule has 1 saturated heterocycles. The molecule has 1 N–H and O–H groups in total. The first-order valence-corrected chi connectivity index (χ1v) is 9.87. The smallest absolute Gasteiger partial charge is 0.246 e.